The third kappa shape index (κ3) is 4.90. The van der Waals surface area contributed by atoms with Crippen LogP contribution in [0.2, 0.25) is 0 Å². The van der Waals surface area contributed by atoms with Gasteiger partial charge in [0.1, 0.15) is 5.82 Å². The van der Waals surface area contributed by atoms with Crippen molar-refractivity contribution in [2.45, 2.75) is 26.1 Å². The first-order valence-electron chi connectivity index (χ1n) is 6.79. The first kappa shape index (κ1) is 15.6. The molecule has 0 saturated heterocycles. The van der Waals surface area contributed by atoms with Gasteiger partial charge in [0.25, 0.3) is 0 Å². The van der Waals surface area contributed by atoms with E-state index in [9.17, 15) is 4.79 Å². The molecule has 0 atom stereocenters. The standard InChI is InChI=1S/C15H20N4OS/c1-11-5-4-6-13(7-11)9-21-10-15(20)19(3)8-14-16-12(2)17-18-14/h4-7H,8-10H2,1-3H3,(H,16,17,18). The number of benzene rings is 1. The lowest BCUT2D eigenvalue weighted by Gasteiger charge is -2.14. The molecule has 6 heteroatoms. The average Bonchev–Trinajstić information content (AvgIpc) is 2.84. The zero-order valence-electron chi connectivity index (χ0n) is 12.6. The van der Waals surface area contributed by atoms with E-state index in [4.69, 9.17) is 0 Å². The second-order valence-corrected chi connectivity index (χ2v) is 6.05. The summed E-state index contributed by atoms with van der Waals surface area (Å²) >= 11 is 1.63. The van der Waals surface area contributed by atoms with Gasteiger partial charge < -0.3 is 4.90 Å². The molecule has 1 aromatic heterocycles. The molecule has 1 aromatic carbocycles. The fraction of sp³-hybridized carbons (Fsp3) is 0.400. The summed E-state index contributed by atoms with van der Waals surface area (Å²) in [4.78, 5) is 17.9. The van der Waals surface area contributed by atoms with Crippen LogP contribution in [0.1, 0.15) is 22.8 Å². The number of carbonyl (C=O) groups excluding carboxylic acids is 1. The van der Waals surface area contributed by atoms with Crippen LogP contribution in [0.15, 0.2) is 24.3 Å². The largest absolute Gasteiger partial charge is 0.337 e. The van der Waals surface area contributed by atoms with Gasteiger partial charge in [0.05, 0.1) is 12.3 Å². The highest BCUT2D eigenvalue weighted by atomic mass is 32.2. The number of hydrogen-bond acceptors (Lipinski definition) is 4. The summed E-state index contributed by atoms with van der Waals surface area (Å²) in [5.74, 6) is 2.82. The van der Waals surface area contributed by atoms with Crippen molar-refractivity contribution in [2.24, 2.45) is 0 Å². The van der Waals surface area contributed by atoms with Gasteiger partial charge in [-0.25, -0.2) is 4.98 Å². The van der Waals surface area contributed by atoms with E-state index in [1.165, 1.54) is 11.1 Å². The van der Waals surface area contributed by atoms with E-state index in [0.717, 1.165) is 11.6 Å². The summed E-state index contributed by atoms with van der Waals surface area (Å²) < 4.78 is 0. The second kappa shape index (κ2) is 7.26. The molecule has 0 saturated carbocycles. The Bertz CT molecular complexity index is 611. The minimum Gasteiger partial charge on any atom is -0.337 e. The first-order chi connectivity index (χ1) is 10.0. The first-order valence-corrected chi connectivity index (χ1v) is 7.95. The van der Waals surface area contributed by atoms with Gasteiger partial charge in [-0.1, -0.05) is 29.8 Å². The summed E-state index contributed by atoms with van der Waals surface area (Å²) in [6.07, 6.45) is 0. The molecule has 0 fully saturated rings. The van der Waals surface area contributed by atoms with E-state index >= 15 is 0 Å². The predicted octanol–water partition coefficient (Wildman–Crippen LogP) is 2.31. The Balaban J connectivity index is 1.76. The lowest BCUT2D eigenvalue weighted by atomic mass is 10.2. The normalized spacial score (nSPS) is 10.6. The zero-order chi connectivity index (χ0) is 15.2. The quantitative estimate of drug-likeness (QED) is 0.889. The Kier molecular flexibility index (Phi) is 5.38. The third-order valence-electron chi connectivity index (χ3n) is 3.02. The summed E-state index contributed by atoms with van der Waals surface area (Å²) in [5, 5.41) is 6.82. The van der Waals surface area contributed by atoms with Gasteiger partial charge in [0, 0.05) is 12.8 Å². The maximum absolute atomic E-state index is 12.1. The summed E-state index contributed by atoms with van der Waals surface area (Å²) in [6.45, 7) is 4.36. The zero-order valence-corrected chi connectivity index (χ0v) is 13.4. The fourth-order valence-corrected chi connectivity index (χ4v) is 2.84. The van der Waals surface area contributed by atoms with Crippen molar-refractivity contribution in [1.82, 2.24) is 20.1 Å². The van der Waals surface area contributed by atoms with Gasteiger partial charge in [-0.15, -0.1) is 11.8 Å². The molecule has 0 bridgehead atoms. The van der Waals surface area contributed by atoms with E-state index in [0.29, 0.717) is 18.1 Å². The minimum atomic E-state index is 0.0927. The van der Waals surface area contributed by atoms with Crippen LogP contribution in [0.5, 0.6) is 0 Å². The molecule has 0 radical (unpaired) electrons. The lowest BCUT2D eigenvalue weighted by Crippen LogP contribution is -2.28. The molecule has 112 valence electrons. The van der Waals surface area contributed by atoms with Gasteiger partial charge >= 0.3 is 0 Å². The Hall–Kier alpha value is -1.82. The molecule has 21 heavy (non-hydrogen) atoms. The van der Waals surface area contributed by atoms with E-state index in [1.807, 2.05) is 13.0 Å². The maximum Gasteiger partial charge on any atom is 0.232 e. The van der Waals surface area contributed by atoms with E-state index < -0.39 is 0 Å². The molecular weight excluding hydrogens is 284 g/mol. The summed E-state index contributed by atoms with van der Waals surface area (Å²) in [5.41, 5.74) is 2.50. The van der Waals surface area contributed by atoms with Gasteiger partial charge in [-0.05, 0) is 19.4 Å². The number of nitrogens with one attached hydrogen (secondary N) is 1. The SMILES string of the molecule is Cc1cccc(CSCC(=O)N(C)Cc2n[nH]c(C)n2)c1. The van der Waals surface area contributed by atoms with Crippen molar-refractivity contribution in [3.05, 3.63) is 47.0 Å². The van der Waals surface area contributed by atoms with Crippen molar-refractivity contribution in [3.8, 4) is 0 Å². The Morgan fingerprint density at radius 1 is 1.38 bits per heavy atom. The highest BCUT2D eigenvalue weighted by Crippen LogP contribution is 2.14. The highest BCUT2D eigenvalue weighted by Gasteiger charge is 2.11. The van der Waals surface area contributed by atoms with Crippen LogP contribution in [-0.4, -0.2) is 38.8 Å². The molecule has 2 aromatic rings. The number of aromatic nitrogens is 3. The molecule has 1 heterocycles. The number of thioether (sulfide) groups is 1. The van der Waals surface area contributed by atoms with Crippen LogP contribution < -0.4 is 0 Å². The number of carbonyl (C=O) groups is 1. The van der Waals surface area contributed by atoms with Gasteiger partial charge in [-0.3, -0.25) is 9.89 Å². The third-order valence-corrected chi connectivity index (χ3v) is 4.01. The summed E-state index contributed by atoms with van der Waals surface area (Å²) in [6, 6.07) is 8.36. The fourth-order valence-electron chi connectivity index (χ4n) is 1.93. The van der Waals surface area contributed by atoms with Crippen molar-refractivity contribution >= 4 is 17.7 Å². The molecule has 0 aliphatic carbocycles. The van der Waals surface area contributed by atoms with Crippen molar-refractivity contribution in [1.29, 1.82) is 0 Å². The number of hydrogen-bond donors (Lipinski definition) is 1. The molecule has 0 spiro atoms. The van der Waals surface area contributed by atoms with Gasteiger partial charge in [-0.2, -0.15) is 5.10 Å². The number of nitrogens with zero attached hydrogens (tertiary/aromatic N) is 3. The molecule has 0 unspecified atom stereocenters. The van der Waals surface area contributed by atoms with Crippen molar-refractivity contribution in [3.63, 3.8) is 0 Å². The lowest BCUT2D eigenvalue weighted by molar-refractivity contribution is -0.127. The molecule has 2 rings (SSSR count). The number of amides is 1. The van der Waals surface area contributed by atoms with Crippen LogP contribution in [-0.2, 0) is 17.1 Å². The Labute approximate surface area is 129 Å². The average molecular weight is 304 g/mol. The van der Waals surface area contributed by atoms with Gasteiger partial charge in [0.2, 0.25) is 5.91 Å². The molecule has 0 aliphatic heterocycles. The number of rotatable bonds is 6. The molecule has 1 N–H and O–H groups in total. The molecule has 1 amide bonds. The van der Waals surface area contributed by atoms with Crippen LogP contribution in [0, 0.1) is 13.8 Å². The number of aryl methyl sites for hydroxylation is 2. The molecule has 5 nitrogen and oxygen atoms in total. The van der Waals surface area contributed by atoms with Crippen molar-refractivity contribution in [2.75, 3.05) is 12.8 Å². The topological polar surface area (TPSA) is 61.9 Å². The molecular formula is C15H20N4OS. The Morgan fingerprint density at radius 3 is 2.86 bits per heavy atom. The smallest absolute Gasteiger partial charge is 0.232 e. The maximum atomic E-state index is 12.1. The Morgan fingerprint density at radius 2 is 2.19 bits per heavy atom. The van der Waals surface area contributed by atoms with Crippen LogP contribution in [0.3, 0.4) is 0 Å². The monoisotopic (exact) mass is 304 g/mol. The highest BCUT2D eigenvalue weighted by molar-refractivity contribution is 7.99. The van der Waals surface area contributed by atoms with E-state index in [2.05, 4.69) is 40.3 Å². The van der Waals surface area contributed by atoms with Crippen LogP contribution in [0.25, 0.3) is 0 Å². The van der Waals surface area contributed by atoms with Gasteiger partial charge in [0.15, 0.2) is 5.82 Å². The minimum absolute atomic E-state index is 0.0927. The second-order valence-electron chi connectivity index (χ2n) is 5.07. The van der Waals surface area contributed by atoms with Crippen LogP contribution >= 0.6 is 11.8 Å². The molecule has 0 aliphatic rings. The summed E-state index contributed by atoms with van der Waals surface area (Å²) in [7, 11) is 1.78. The predicted molar refractivity (Wildman–Crippen MR) is 84.9 cm³/mol. The van der Waals surface area contributed by atoms with Crippen molar-refractivity contribution < 1.29 is 4.79 Å². The number of H-pyrrole nitrogens is 1. The van der Waals surface area contributed by atoms with E-state index in [-0.39, 0.29) is 5.91 Å². The van der Waals surface area contributed by atoms with Crippen LogP contribution in [0.4, 0.5) is 0 Å². The van der Waals surface area contributed by atoms with E-state index in [1.54, 1.807) is 23.7 Å². The number of aromatic amines is 1.